The van der Waals surface area contributed by atoms with E-state index >= 15 is 0 Å². The molecule has 4 aromatic rings. The van der Waals surface area contributed by atoms with E-state index in [1.807, 2.05) is 23.9 Å². The van der Waals surface area contributed by atoms with Crippen molar-refractivity contribution in [2.75, 3.05) is 25.1 Å². The first-order valence-corrected chi connectivity index (χ1v) is 17.0. The monoisotopic (exact) mass is 669 g/mol. The van der Waals surface area contributed by atoms with E-state index in [4.69, 9.17) is 24.3 Å². The van der Waals surface area contributed by atoms with Crippen molar-refractivity contribution in [3.8, 4) is 29.0 Å². The van der Waals surface area contributed by atoms with Crippen molar-refractivity contribution in [2.24, 2.45) is 0 Å². The molecule has 7 rings (SSSR count). The zero-order valence-corrected chi connectivity index (χ0v) is 28.1. The molecule has 15 nitrogen and oxygen atoms in total. The highest BCUT2D eigenvalue weighted by molar-refractivity contribution is 5.66. The Labute approximate surface area is 285 Å². The van der Waals surface area contributed by atoms with Crippen molar-refractivity contribution in [2.45, 2.75) is 102 Å². The van der Waals surface area contributed by atoms with Gasteiger partial charge in [0.2, 0.25) is 5.95 Å². The fraction of sp³-hybridized carbons (Fsp3) is 0.559. The summed E-state index contributed by atoms with van der Waals surface area (Å²) >= 11 is 0. The molecule has 3 aromatic heterocycles. The smallest absolute Gasteiger partial charge is 0.257 e. The summed E-state index contributed by atoms with van der Waals surface area (Å²) in [5, 5.41) is 39.5. The van der Waals surface area contributed by atoms with E-state index < -0.39 is 5.60 Å². The van der Waals surface area contributed by atoms with Gasteiger partial charge in [-0.3, -0.25) is 9.58 Å². The van der Waals surface area contributed by atoms with Crippen LogP contribution in [-0.4, -0.2) is 99.6 Å². The number of rotatable bonds is 12. The van der Waals surface area contributed by atoms with Crippen LogP contribution in [0.25, 0.3) is 11.3 Å². The second-order valence-electron chi connectivity index (χ2n) is 13.9. The van der Waals surface area contributed by atoms with Crippen LogP contribution in [0.3, 0.4) is 0 Å². The van der Waals surface area contributed by atoms with Gasteiger partial charge in [0.25, 0.3) is 5.88 Å². The van der Waals surface area contributed by atoms with Crippen molar-refractivity contribution < 1.29 is 19.3 Å². The Balaban J connectivity index is 1.07. The largest absolute Gasteiger partial charge is 0.487 e. The molecule has 15 heteroatoms. The van der Waals surface area contributed by atoms with Crippen molar-refractivity contribution in [1.82, 2.24) is 44.9 Å². The van der Waals surface area contributed by atoms with Crippen LogP contribution in [0.15, 0.2) is 43.0 Å². The van der Waals surface area contributed by atoms with Crippen LogP contribution in [0.4, 0.5) is 11.6 Å². The summed E-state index contributed by atoms with van der Waals surface area (Å²) in [6, 6.07) is 11.3. The number of morpholine rings is 1. The molecule has 0 spiro atoms. The predicted octanol–water partition coefficient (Wildman–Crippen LogP) is 3.91. The van der Waals surface area contributed by atoms with Gasteiger partial charge in [0.05, 0.1) is 48.9 Å². The number of aromatic nitrogens is 8. The van der Waals surface area contributed by atoms with Gasteiger partial charge in [-0.05, 0) is 87.9 Å². The standard InChI is InChI=1S/C34H43N11O4/c1-22(16-43-21-37-41-42-43)49-31-14-23(4-5-24(31)15-35)29-12-13-36-33(38-29)39-30-17-44(40-32(30)48-20-34(2,3)46)25-6-8-26(9-7-25)45-27-10-11-28(45)19-47-18-27/h4-5,12-14,17,21-22,25-28,46H,6-11,16,18-20H2,1-3H3,(H,36,38,39)/t22-,25?,26?,27-,28+/m0/s1. The van der Waals surface area contributed by atoms with Crippen LogP contribution in [-0.2, 0) is 11.3 Å². The minimum absolute atomic E-state index is 0.0754. The number of nitrogens with zero attached hydrogens (tertiary/aromatic N) is 10. The number of hydrogen-bond acceptors (Lipinski definition) is 13. The van der Waals surface area contributed by atoms with Gasteiger partial charge >= 0.3 is 0 Å². The number of hydrogen-bond donors (Lipinski definition) is 2. The summed E-state index contributed by atoms with van der Waals surface area (Å²) in [6.45, 7) is 7.50. The van der Waals surface area contributed by atoms with Crippen molar-refractivity contribution in [1.29, 1.82) is 5.26 Å². The molecule has 0 amide bonds. The van der Waals surface area contributed by atoms with Gasteiger partial charge in [-0.15, -0.1) is 10.2 Å². The highest BCUT2D eigenvalue weighted by Crippen LogP contribution is 2.39. The maximum Gasteiger partial charge on any atom is 0.257 e. The number of nitrogens with one attached hydrogen (secondary N) is 1. The molecule has 3 aliphatic rings. The molecular weight excluding hydrogens is 626 g/mol. The lowest BCUT2D eigenvalue weighted by molar-refractivity contribution is -0.0458. The molecule has 1 saturated carbocycles. The van der Waals surface area contributed by atoms with Crippen LogP contribution in [0.2, 0.25) is 0 Å². The number of nitriles is 1. The lowest BCUT2D eigenvalue weighted by Gasteiger charge is -2.43. The first kappa shape index (κ1) is 32.9. The van der Waals surface area contributed by atoms with E-state index in [0.717, 1.165) is 44.5 Å². The molecule has 3 atom stereocenters. The van der Waals surface area contributed by atoms with Gasteiger partial charge in [0, 0.05) is 29.9 Å². The Hall–Kier alpha value is -4.65. The zero-order chi connectivity index (χ0) is 34.0. The molecule has 0 unspecified atom stereocenters. The Morgan fingerprint density at radius 3 is 2.55 bits per heavy atom. The van der Waals surface area contributed by atoms with Crippen molar-refractivity contribution >= 4 is 11.6 Å². The average Bonchev–Trinajstić information content (AvgIpc) is 3.81. The molecule has 2 N–H and O–H groups in total. The maximum atomic E-state index is 10.4. The number of anilines is 2. The molecular formula is C34H43N11O4. The number of tetrazole rings is 1. The highest BCUT2D eigenvalue weighted by Gasteiger charge is 2.42. The second kappa shape index (κ2) is 14.1. The topological polar surface area (TPSA) is 174 Å². The first-order chi connectivity index (χ1) is 23.7. The van der Waals surface area contributed by atoms with Crippen LogP contribution < -0.4 is 14.8 Å². The van der Waals surface area contributed by atoms with Crippen LogP contribution >= 0.6 is 0 Å². The van der Waals surface area contributed by atoms with E-state index in [-0.39, 0.29) is 18.8 Å². The predicted molar refractivity (Wildman–Crippen MR) is 178 cm³/mol. The first-order valence-electron chi connectivity index (χ1n) is 17.0. The molecule has 258 valence electrons. The van der Waals surface area contributed by atoms with Gasteiger partial charge < -0.3 is 24.6 Å². The van der Waals surface area contributed by atoms with Gasteiger partial charge in [0.1, 0.15) is 36.5 Å². The SMILES string of the molecule is C[C@@H](Cn1cnnn1)Oc1cc(-c2ccnc(Nc3cn(C4CCC(N5[C@@H]6CC[C@H]5COC6)CC4)nc3OCC(C)(C)O)n2)ccc1C#N. The number of ether oxygens (including phenoxy) is 3. The van der Waals surface area contributed by atoms with Crippen LogP contribution in [0.5, 0.6) is 11.6 Å². The summed E-state index contributed by atoms with van der Waals surface area (Å²) in [4.78, 5) is 12.0. The maximum absolute atomic E-state index is 10.4. The molecule has 5 heterocycles. The minimum atomic E-state index is -1.04. The molecule has 2 saturated heterocycles. The number of aliphatic hydroxyl groups is 1. The third-order valence-electron chi connectivity index (χ3n) is 9.48. The quantitative estimate of drug-likeness (QED) is 0.222. The van der Waals surface area contributed by atoms with Gasteiger partial charge in [0.15, 0.2) is 0 Å². The lowest BCUT2D eigenvalue weighted by atomic mass is 9.89. The Bertz CT molecular complexity index is 1740. The molecule has 1 aliphatic carbocycles. The molecule has 0 radical (unpaired) electrons. The molecule has 3 fully saturated rings. The van der Waals surface area contributed by atoms with Crippen molar-refractivity contribution in [3.63, 3.8) is 0 Å². The molecule has 1 aromatic carbocycles. The molecule has 2 bridgehead atoms. The average molecular weight is 670 g/mol. The van der Waals surface area contributed by atoms with E-state index in [0.29, 0.717) is 59.2 Å². The Morgan fingerprint density at radius 1 is 1.08 bits per heavy atom. The highest BCUT2D eigenvalue weighted by atomic mass is 16.5. The molecule has 2 aliphatic heterocycles. The normalized spacial score (nSPS) is 23.2. The second-order valence-corrected chi connectivity index (χ2v) is 13.9. The van der Waals surface area contributed by atoms with Gasteiger partial charge in [-0.25, -0.2) is 14.6 Å². The van der Waals surface area contributed by atoms with E-state index in [1.165, 1.54) is 19.2 Å². The Morgan fingerprint density at radius 2 is 1.84 bits per heavy atom. The number of fused-ring (bicyclic) bond motifs is 2. The third kappa shape index (κ3) is 7.66. The van der Waals surface area contributed by atoms with Gasteiger partial charge in [-0.1, -0.05) is 6.07 Å². The summed E-state index contributed by atoms with van der Waals surface area (Å²) in [5.74, 6) is 1.18. The number of benzene rings is 1. The van der Waals surface area contributed by atoms with E-state index in [9.17, 15) is 10.4 Å². The molecule has 49 heavy (non-hydrogen) atoms. The Kier molecular flexibility index (Phi) is 9.44. The fourth-order valence-electron chi connectivity index (χ4n) is 7.23. The van der Waals surface area contributed by atoms with Crippen LogP contribution in [0.1, 0.15) is 70.9 Å². The summed E-state index contributed by atoms with van der Waals surface area (Å²) < 4.78 is 21.6. The minimum Gasteiger partial charge on any atom is -0.487 e. The third-order valence-corrected chi connectivity index (χ3v) is 9.48. The van der Waals surface area contributed by atoms with Crippen LogP contribution in [0, 0.1) is 11.3 Å². The van der Waals surface area contributed by atoms with E-state index in [2.05, 4.69) is 36.8 Å². The van der Waals surface area contributed by atoms with E-state index in [1.54, 1.807) is 42.9 Å². The zero-order valence-electron chi connectivity index (χ0n) is 28.1. The lowest BCUT2D eigenvalue weighted by Crippen LogP contribution is -2.52. The fourth-order valence-corrected chi connectivity index (χ4v) is 7.23. The van der Waals surface area contributed by atoms with Gasteiger partial charge in [-0.2, -0.15) is 5.26 Å². The summed E-state index contributed by atoms with van der Waals surface area (Å²) in [6.07, 6.45) is 11.6. The summed E-state index contributed by atoms with van der Waals surface area (Å²) in [5.41, 5.74) is 1.39. The summed E-state index contributed by atoms with van der Waals surface area (Å²) in [7, 11) is 0. The van der Waals surface area contributed by atoms with Crippen molar-refractivity contribution in [3.05, 3.63) is 48.5 Å².